The summed E-state index contributed by atoms with van der Waals surface area (Å²) in [4.78, 5) is 12.7. The third kappa shape index (κ3) is 2.59. The number of ketones is 1. The van der Waals surface area contributed by atoms with Crippen molar-refractivity contribution in [3.63, 3.8) is 0 Å². The van der Waals surface area contributed by atoms with E-state index in [9.17, 15) is 20.1 Å². The molecular formula is C18H18O8. The first-order valence-electron chi connectivity index (χ1n) is 7.69. The monoisotopic (exact) mass is 362 g/mol. The van der Waals surface area contributed by atoms with Gasteiger partial charge in [-0.2, -0.15) is 0 Å². The van der Waals surface area contributed by atoms with Gasteiger partial charge in [0.25, 0.3) is 0 Å². The number of hydrogen-bond acceptors (Lipinski definition) is 8. The molecule has 1 aliphatic heterocycles. The molecule has 8 nitrogen and oxygen atoms in total. The molecule has 0 radical (unpaired) electrons. The van der Waals surface area contributed by atoms with Crippen LogP contribution in [0.1, 0.15) is 28.4 Å². The normalized spacial score (nSPS) is 15.8. The Hall–Kier alpha value is -3.29. The number of fused-ring (bicyclic) bond motifs is 1. The number of methoxy groups -OCH3 is 3. The summed E-state index contributed by atoms with van der Waals surface area (Å²) in [5.74, 6) is -1.73. The highest BCUT2D eigenvalue weighted by atomic mass is 16.5. The van der Waals surface area contributed by atoms with Crippen LogP contribution in [0.25, 0.3) is 0 Å². The van der Waals surface area contributed by atoms with Gasteiger partial charge in [0.1, 0.15) is 11.7 Å². The molecule has 0 aromatic heterocycles. The Morgan fingerprint density at radius 3 is 2.27 bits per heavy atom. The number of carbonyl (C=O) groups excluding carboxylic acids is 1. The fourth-order valence-electron chi connectivity index (χ4n) is 2.97. The molecule has 2 aromatic carbocycles. The maximum absolute atomic E-state index is 12.7. The molecule has 1 aliphatic rings. The zero-order chi connectivity index (χ0) is 19.0. The molecule has 0 aliphatic carbocycles. The number of benzene rings is 2. The van der Waals surface area contributed by atoms with Crippen molar-refractivity contribution in [3.8, 4) is 40.2 Å². The van der Waals surface area contributed by atoms with Crippen LogP contribution in [0.15, 0.2) is 18.2 Å². The predicted molar refractivity (Wildman–Crippen MR) is 89.9 cm³/mol. The Kier molecular flexibility index (Phi) is 4.41. The number of carbonyl (C=O) groups is 1. The number of ether oxygens (including phenoxy) is 4. The summed E-state index contributed by atoms with van der Waals surface area (Å²) in [5.41, 5.74) is 0.463. The molecule has 3 rings (SSSR count). The Morgan fingerprint density at radius 1 is 1.00 bits per heavy atom. The largest absolute Gasteiger partial charge is 0.504 e. The van der Waals surface area contributed by atoms with Gasteiger partial charge in [0, 0.05) is 0 Å². The van der Waals surface area contributed by atoms with E-state index in [0.29, 0.717) is 5.56 Å². The molecule has 0 bridgehead atoms. The zero-order valence-corrected chi connectivity index (χ0v) is 14.4. The number of rotatable bonds is 4. The van der Waals surface area contributed by atoms with Gasteiger partial charge in [0.05, 0.1) is 27.8 Å². The maximum atomic E-state index is 12.7. The standard InChI is InChI=1S/C18H18O8/c1-23-11-5-4-8(6-9(11)19)12-7-10(20)13-16(24-2)14(21)18(25-3)15(22)17(13)26-12/h4-6,12,19,21-22H,7H2,1-3H3. The summed E-state index contributed by atoms with van der Waals surface area (Å²) < 4.78 is 20.9. The van der Waals surface area contributed by atoms with Crippen molar-refractivity contribution >= 4 is 5.78 Å². The zero-order valence-electron chi connectivity index (χ0n) is 14.4. The lowest BCUT2D eigenvalue weighted by Crippen LogP contribution is -2.21. The van der Waals surface area contributed by atoms with E-state index in [1.165, 1.54) is 27.4 Å². The molecule has 0 saturated heterocycles. The topological polar surface area (TPSA) is 115 Å². The van der Waals surface area contributed by atoms with E-state index in [0.717, 1.165) is 0 Å². The molecule has 0 amide bonds. The third-order valence-electron chi connectivity index (χ3n) is 4.21. The minimum absolute atomic E-state index is 0.0581. The number of hydrogen-bond donors (Lipinski definition) is 3. The Morgan fingerprint density at radius 2 is 1.69 bits per heavy atom. The van der Waals surface area contributed by atoms with Crippen LogP contribution in [0, 0.1) is 0 Å². The Balaban J connectivity index is 2.10. The maximum Gasteiger partial charge on any atom is 0.210 e. The number of phenolic OH excluding ortho intramolecular Hbond substituents is 3. The van der Waals surface area contributed by atoms with E-state index < -0.39 is 23.4 Å². The van der Waals surface area contributed by atoms with Crippen molar-refractivity contribution in [1.82, 2.24) is 0 Å². The fraction of sp³-hybridized carbons (Fsp3) is 0.278. The SMILES string of the molecule is COc1ccc(C2CC(=O)c3c(OC)c(O)c(OC)c(O)c3O2)cc1O. The Bertz CT molecular complexity index is 874. The first kappa shape index (κ1) is 17.5. The van der Waals surface area contributed by atoms with E-state index in [1.807, 2.05) is 0 Å². The molecule has 0 fully saturated rings. The fourth-order valence-corrected chi connectivity index (χ4v) is 2.97. The van der Waals surface area contributed by atoms with Crippen molar-refractivity contribution in [2.45, 2.75) is 12.5 Å². The van der Waals surface area contributed by atoms with Gasteiger partial charge < -0.3 is 34.3 Å². The molecule has 8 heteroatoms. The van der Waals surface area contributed by atoms with Crippen molar-refractivity contribution in [1.29, 1.82) is 0 Å². The van der Waals surface area contributed by atoms with Gasteiger partial charge in [-0.15, -0.1) is 0 Å². The van der Waals surface area contributed by atoms with Gasteiger partial charge in [-0.1, -0.05) is 6.07 Å². The molecule has 0 spiro atoms. The number of phenols is 3. The summed E-state index contributed by atoms with van der Waals surface area (Å²) >= 11 is 0. The first-order chi connectivity index (χ1) is 12.4. The molecule has 1 atom stereocenters. The van der Waals surface area contributed by atoms with Gasteiger partial charge in [0.15, 0.2) is 28.8 Å². The van der Waals surface area contributed by atoms with E-state index in [4.69, 9.17) is 18.9 Å². The average Bonchev–Trinajstić information content (AvgIpc) is 2.63. The van der Waals surface area contributed by atoms with Crippen LogP contribution in [0.3, 0.4) is 0 Å². The molecule has 26 heavy (non-hydrogen) atoms. The predicted octanol–water partition coefficient (Wildman–Crippen LogP) is 2.54. The van der Waals surface area contributed by atoms with Crippen LogP contribution in [-0.4, -0.2) is 42.4 Å². The van der Waals surface area contributed by atoms with Crippen LogP contribution in [-0.2, 0) is 0 Å². The molecule has 0 saturated carbocycles. The Labute approximate surface area is 149 Å². The van der Waals surface area contributed by atoms with Crippen LogP contribution in [0.5, 0.6) is 40.2 Å². The number of Topliss-reactive ketones (excluding diaryl/α,β-unsaturated/α-hetero) is 1. The molecule has 3 N–H and O–H groups in total. The quantitative estimate of drug-likeness (QED) is 0.760. The second-order valence-corrected chi connectivity index (χ2v) is 5.63. The summed E-state index contributed by atoms with van der Waals surface area (Å²) in [5, 5.41) is 30.5. The number of aromatic hydroxyl groups is 3. The third-order valence-corrected chi connectivity index (χ3v) is 4.21. The minimum atomic E-state index is -0.753. The van der Waals surface area contributed by atoms with E-state index >= 15 is 0 Å². The summed E-state index contributed by atoms with van der Waals surface area (Å²) in [6, 6.07) is 4.62. The van der Waals surface area contributed by atoms with Crippen molar-refractivity contribution in [2.24, 2.45) is 0 Å². The summed E-state index contributed by atoms with van der Waals surface area (Å²) in [6.45, 7) is 0. The van der Waals surface area contributed by atoms with E-state index in [2.05, 4.69) is 0 Å². The van der Waals surface area contributed by atoms with Crippen molar-refractivity contribution in [3.05, 3.63) is 29.3 Å². The lowest BCUT2D eigenvalue weighted by Gasteiger charge is -2.28. The highest BCUT2D eigenvalue weighted by Gasteiger charge is 2.37. The molecule has 1 heterocycles. The second-order valence-electron chi connectivity index (χ2n) is 5.63. The lowest BCUT2D eigenvalue weighted by molar-refractivity contribution is 0.0833. The average molecular weight is 362 g/mol. The van der Waals surface area contributed by atoms with E-state index in [-0.39, 0.29) is 40.7 Å². The van der Waals surface area contributed by atoms with Gasteiger partial charge >= 0.3 is 0 Å². The van der Waals surface area contributed by atoms with Crippen LogP contribution in [0.4, 0.5) is 0 Å². The van der Waals surface area contributed by atoms with Crippen molar-refractivity contribution < 1.29 is 39.1 Å². The minimum Gasteiger partial charge on any atom is -0.504 e. The van der Waals surface area contributed by atoms with Crippen molar-refractivity contribution in [2.75, 3.05) is 21.3 Å². The second kappa shape index (κ2) is 6.55. The van der Waals surface area contributed by atoms with Gasteiger partial charge in [-0.05, 0) is 17.7 Å². The summed E-state index contributed by atoms with van der Waals surface area (Å²) in [6.07, 6.45) is -0.822. The van der Waals surface area contributed by atoms with Crippen LogP contribution >= 0.6 is 0 Å². The lowest BCUT2D eigenvalue weighted by atomic mass is 9.94. The van der Waals surface area contributed by atoms with Crippen LogP contribution in [0.2, 0.25) is 0 Å². The van der Waals surface area contributed by atoms with Gasteiger partial charge in [0.2, 0.25) is 17.2 Å². The van der Waals surface area contributed by atoms with E-state index in [1.54, 1.807) is 12.1 Å². The summed E-state index contributed by atoms with van der Waals surface area (Å²) in [7, 11) is 3.96. The van der Waals surface area contributed by atoms with Gasteiger partial charge in [-0.3, -0.25) is 4.79 Å². The highest BCUT2D eigenvalue weighted by molar-refractivity contribution is 6.05. The molecular weight excluding hydrogens is 344 g/mol. The smallest absolute Gasteiger partial charge is 0.210 e. The highest BCUT2D eigenvalue weighted by Crippen LogP contribution is 2.55. The first-order valence-corrected chi connectivity index (χ1v) is 7.69. The van der Waals surface area contributed by atoms with Gasteiger partial charge in [-0.25, -0.2) is 0 Å². The molecule has 2 aromatic rings. The van der Waals surface area contributed by atoms with Crippen LogP contribution < -0.4 is 18.9 Å². The molecule has 1 unspecified atom stereocenters. The molecule has 138 valence electrons.